The van der Waals surface area contributed by atoms with Gasteiger partial charge in [0, 0.05) is 30.4 Å². The second-order valence-electron chi connectivity index (χ2n) is 11.3. The number of amides is 2. The lowest BCUT2D eigenvalue weighted by Crippen LogP contribution is -2.42. The third kappa shape index (κ3) is 5.28. The molecule has 1 aromatic heterocycles. The van der Waals surface area contributed by atoms with Crippen LogP contribution in [0.25, 0.3) is 10.9 Å². The van der Waals surface area contributed by atoms with Gasteiger partial charge in [0.25, 0.3) is 11.5 Å². The van der Waals surface area contributed by atoms with Gasteiger partial charge in [-0.3, -0.25) is 23.5 Å². The summed E-state index contributed by atoms with van der Waals surface area (Å²) >= 11 is 6.09. The molecule has 1 heterocycles. The standard InChI is InChI=1S/C30H30ClN5O4/c31-24-12-19(8-9-20(24)14-32)27(37)34-25-3-1-2-22(25)28(38)33-21-10-11-26-23(13-21)29(39)36(16-18-6-7-18)30(40)35(26)15-17-4-5-17/h8-13,17-18,22,25H,1-7,15-16H2,(H,33,38)(H,34,37)/t22-,25+/m1/s1. The number of aromatic nitrogens is 2. The quantitative estimate of drug-likeness (QED) is 0.431. The summed E-state index contributed by atoms with van der Waals surface area (Å²) in [5, 5.41) is 15.6. The minimum atomic E-state index is -0.441. The summed E-state index contributed by atoms with van der Waals surface area (Å²) in [6.45, 7) is 1.03. The van der Waals surface area contributed by atoms with Gasteiger partial charge in [-0.1, -0.05) is 18.0 Å². The number of carbonyl (C=O) groups is 2. The summed E-state index contributed by atoms with van der Waals surface area (Å²) < 4.78 is 3.09. The first kappa shape index (κ1) is 26.3. The first-order chi connectivity index (χ1) is 19.3. The number of carbonyl (C=O) groups excluding carboxylic acids is 2. The van der Waals surface area contributed by atoms with Gasteiger partial charge in [0.05, 0.1) is 27.4 Å². The number of nitrogens with zero attached hydrogens (tertiary/aromatic N) is 3. The fraction of sp³-hybridized carbons (Fsp3) is 0.433. The Morgan fingerprint density at radius 1 is 0.950 bits per heavy atom. The highest BCUT2D eigenvalue weighted by Crippen LogP contribution is 2.32. The normalized spacial score (nSPS) is 20.3. The second kappa shape index (κ2) is 10.6. The maximum atomic E-state index is 13.4. The molecule has 0 unspecified atom stereocenters. The smallest absolute Gasteiger partial charge is 0.331 e. The molecule has 2 N–H and O–H groups in total. The molecule has 3 saturated carbocycles. The van der Waals surface area contributed by atoms with Crippen molar-refractivity contribution in [3.8, 4) is 6.07 Å². The number of fused-ring (bicyclic) bond motifs is 1. The van der Waals surface area contributed by atoms with E-state index in [4.69, 9.17) is 16.9 Å². The molecule has 3 aromatic rings. The molecule has 2 aromatic carbocycles. The van der Waals surface area contributed by atoms with Gasteiger partial charge in [-0.2, -0.15) is 5.26 Å². The molecule has 3 aliphatic carbocycles. The van der Waals surface area contributed by atoms with Crippen molar-refractivity contribution < 1.29 is 9.59 Å². The van der Waals surface area contributed by atoms with Gasteiger partial charge in [0.15, 0.2) is 0 Å². The van der Waals surface area contributed by atoms with Gasteiger partial charge in [-0.15, -0.1) is 0 Å². The Morgan fingerprint density at radius 3 is 2.35 bits per heavy atom. The van der Waals surface area contributed by atoms with Crippen molar-refractivity contribution in [1.82, 2.24) is 14.5 Å². The van der Waals surface area contributed by atoms with Crippen LogP contribution in [0.15, 0.2) is 46.0 Å². The van der Waals surface area contributed by atoms with Crippen molar-refractivity contribution in [1.29, 1.82) is 5.26 Å². The number of nitriles is 1. The third-order valence-corrected chi connectivity index (χ3v) is 8.60. The molecule has 0 radical (unpaired) electrons. The third-order valence-electron chi connectivity index (χ3n) is 8.29. The fourth-order valence-electron chi connectivity index (χ4n) is 5.64. The predicted octanol–water partition coefficient (Wildman–Crippen LogP) is 4.05. The molecule has 0 spiro atoms. The van der Waals surface area contributed by atoms with Crippen molar-refractivity contribution in [3.05, 3.63) is 73.4 Å². The van der Waals surface area contributed by atoms with E-state index in [1.54, 1.807) is 22.8 Å². The first-order valence-corrected chi connectivity index (χ1v) is 14.3. The van der Waals surface area contributed by atoms with E-state index >= 15 is 0 Å². The zero-order valence-electron chi connectivity index (χ0n) is 22.0. The van der Waals surface area contributed by atoms with E-state index < -0.39 is 5.92 Å². The Labute approximate surface area is 235 Å². The van der Waals surface area contributed by atoms with Crippen LogP contribution >= 0.6 is 11.6 Å². The molecule has 9 nitrogen and oxygen atoms in total. The lowest BCUT2D eigenvalue weighted by Gasteiger charge is -2.21. The van der Waals surface area contributed by atoms with Crippen LogP contribution in [0.5, 0.6) is 0 Å². The minimum Gasteiger partial charge on any atom is -0.349 e. The maximum Gasteiger partial charge on any atom is 0.331 e. The van der Waals surface area contributed by atoms with Crippen LogP contribution in [-0.2, 0) is 17.9 Å². The van der Waals surface area contributed by atoms with Crippen LogP contribution in [0.4, 0.5) is 5.69 Å². The van der Waals surface area contributed by atoms with Crippen LogP contribution < -0.4 is 21.9 Å². The van der Waals surface area contributed by atoms with Crippen LogP contribution in [0.2, 0.25) is 5.02 Å². The molecule has 2 atom stereocenters. The topological polar surface area (TPSA) is 126 Å². The van der Waals surface area contributed by atoms with Crippen molar-refractivity contribution in [2.75, 3.05) is 5.32 Å². The van der Waals surface area contributed by atoms with Crippen molar-refractivity contribution in [2.24, 2.45) is 17.8 Å². The van der Waals surface area contributed by atoms with Gasteiger partial charge < -0.3 is 10.6 Å². The largest absolute Gasteiger partial charge is 0.349 e. The Hall–Kier alpha value is -3.90. The van der Waals surface area contributed by atoms with Crippen molar-refractivity contribution >= 4 is 40.0 Å². The van der Waals surface area contributed by atoms with E-state index in [0.717, 1.165) is 32.1 Å². The van der Waals surface area contributed by atoms with E-state index in [1.807, 2.05) is 6.07 Å². The summed E-state index contributed by atoms with van der Waals surface area (Å²) in [4.78, 5) is 52.8. The number of hydrogen-bond donors (Lipinski definition) is 2. The van der Waals surface area contributed by atoms with Gasteiger partial charge in [-0.05, 0) is 86.8 Å². The highest BCUT2D eigenvalue weighted by atomic mass is 35.5. The number of anilines is 1. The zero-order chi connectivity index (χ0) is 28.0. The lowest BCUT2D eigenvalue weighted by atomic mass is 10.0. The molecule has 206 valence electrons. The highest BCUT2D eigenvalue weighted by Gasteiger charge is 2.34. The van der Waals surface area contributed by atoms with Crippen LogP contribution in [0.1, 0.15) is 60.9 Å². The first-order valence-electron chi connectivity index (χ1n) is 13.9. The number of benzene rings is 2. The molecule has 0 aliphatic heterocycles. The average Bonchev–Trinajstić information content (AvgIpc) is 3.88. The number of hydrogen-bond acceptors (Lipinski definition) is 5. The van der Waals surface area contributed by atoms with Crippen LogP contribution in [-0.4, -0.2) is 27.0 Å². The number of rotatable bonds is 8. The molecular weight excluding hydrogens is 530 g/mol. The van der Waals surface area contributed by atoms with E-state index in [9.17, 15) is 19.2 Å². The monoisotopic (exact) mass is 559 g/mol. The van der Waals surface area contributed by atoms with Gasteiger partial charge in [0.1, 0.15) is 6.07 Å². The van der Waals surface area contributed by atoms with E-state index in [0.29, 0.717) is 59.9 Å². The molecule has 0 bridgehead atoms. The Balaban J connectivity index is 1.22. The zero-order valence-corrected chi connectivity index (χ0v) is 22.7. The fourth-order valence-corrected chi connectivity index (χ4v) is 5.86. The second-order valence-corrected chi connectivity index (χ2v) is 11.7. The van der Waals surface area contributed by atoms with Crippen molar-refractivity contribution in [3.63, 3.8) is 0 Å². The summed E-state index contributed by atoms with van der Waals surface area (Å²) in [6.07, 6.45) is 6.29. The van der Waals surface area contributed by atoms with E-state index in [-0.39, 0.29) is 39.7 Å². The SMILES string of the molecule is N#Cc1ccc(C(=O)N[C@H]2CCC[C@H]2C(=O)Nc2ccc3c(c2)c(=O)n(CC2CC2)c(=O)n3CC2CC2)cc1Cl. The summed E-state index contributed by atoms with van der Waals surface area (Å²) in [7, 11) is 0. The summed E-state index contributed by atoms with van der Waals surface area (Å²) in [6, 6.07) is 11.3. The Bertz CT molecular complexity index is 1680. The molecule has 3 fully saturated rings. The number of halogens is 1. The molecule has 6 rings (SSSR count). The predicted molar refractivity (Wildman–Crippen MR) is 151 cm³/mol. The van der Waals surface area contributed by atoms with Crippen molar-refractivity contribution in [2.45, 2.75) is 64.1 Å². The summed E-state index contributed by atoms with van der Waals surface area (Å²) in [5.41, 5.74) is 1.13. The molecule has 0 saturated heterocycles. The maximum absolute atomic E-state index is 13.4. The van der Waals surface area contributed by atoms with E-state index in [2.05, 4.69) is 10.6 Å². The van der Waals surface area contributed by atoms with Crippen LogP contribution in [0.3, 0.4) is 0 Å². The molecular formula is C30H30ClN5O4. The molecule has 3 aliphatic rings. The Kier molecular flexibility index (Phi) is 6.97. The molecule has 10 heteroatoms. The molecule has 40 heavy (non-hydrogen) atoms. The lowest BCUT2D eigenvalue weighted by molar-refractivity contribution is -0.120. The number of nitrogens with one attached hydrogen (secondary N) is 2. The minimum absolute atomic E-state index is 0.200. The highest BCUT2D eigenvalue weighted by molar-refractivity contribution is 6.32. The Morgan fingerprint density at radius 2 is 1.68 bits per heavy atom. The molecule has 2 amide bonds. The average molecular weight is 560 g/mol. The summed E-state index contributed by atoms with van der Waals surface area (Å²) in [5.74, 6) is -0.197. The van der Waals surface area contributed by atoms with Crippen LogP contribution in [0, 0.1) is 29.1 Å². The van der Waals surface area contributed by atoms with E-state index in [1.165, 1.54) is 22.8 Å². The van der Waals surface area contributed by atoms with Gasteiger partial charge in [-0.25, -0.2) is 4.79 Å². The van der Waals surface area contributed by atoms with Gasteiger partial charge in [0.2, 0.25) is 5.91 Å². The van der Waals surface area contributed by atoms with Gasteiger partial charge >= 0.3 is 5.69 Å².